The molecular formula is C23H22N4O2S. The smallest absolute Gasteiger partial charge is 0.283 e. The van der Waals surface area contributed by atoms with E-state index in [1.165, 1.54) is 11.8 Å². The maximum absolute atomic E-state index is 13.1. The molecule has 0 spiro atoms. The Kier molecular flexibility index (Phi) is 5.72. The third-order valence-corrected chi connectivity index (χ3v) is 5.72. The van der Waals surface area contributed by atoms with Crippen LogP contribution in [0.4, 0.5) is 0 Å². The molecule has 0 bridgehead atoms. The van der Waals surface area contributed by atoms with E-state index < -0.39 is 0 Å². The zero-order valence-electron chi connectivity index (χ0n) is 16.8. The second-order valence-electron chi connectivity index (χ2n) is 7.07. The molecule has 1 atom stereocenters. The minimum atomic E-state index is -0.181. The van der Waals surface area contributed by atoms with E-state index in [2.05, 4.69) is 15.3 Å². The molecule has 1 unspecified atom stereocenters. The van der Waals surface area contributed by atoms with E-state index in [0.717, 1.165) is 11.3 Å². The van der Waals surface area contributed by atoms with Crippen LogP contribution in [0.3, 0.4) is 0 Å². The summed E-state index contributed by atoms with van der Waals surface area (Å²) < 4.78 is 1.55. The molecule has 7 heteroatoms. The van der Waals surface area contributed by atoms with Crippen LogP contribution in [0.2, 0.25) is 0 Å². The fraction of sp³-hybridized carbons (Fsp3) is 0.174. The molecule has 0 fully saturated rings. The van der Waals surface area contributed by atoms with Gasteiger partial charge in [0.2, 0.25) is 5.91 Å². The number of rotatable bonds is 6. The SMILES string of the molecule is Cc1cc2nc(SCC(=O)NC(C)c3ccccc3)n(-c3ccccc3)c(=O)c2[nH]1. The molecule has 30 heavy (non-hydrogen) atoms. The van der Waals surface area contributed by atoms with Crippen LogP contribution in [0.5, 0.6) is 0 Å². The van der Waals surface area contributed by atoms with Crippen molar-refractivity contribution in [2.45, 2.75) is 25.0 Å². The van der Waals surface area contributed by atoms with Gasteiger partial charge in [-0.15, -0.1) is 0 Å². The molecule has 0 saturated heterocycles. The Bertz CT molecular complexity index is 1230. The number of benzene rings is 2. The Morgan fingerprint density at radius 1 is 1.13 bits per heavy atom. The number of amides is 1. The summed E-state index contributed by atoms with van der Waals surface area (Å²) in [5.74, 6) is 0.0429. The van der Waals surface area contributed by atoms with Gasteiger partial charge in [-0.3, -0.25) is 14.2 Å². The number of hydrogen-bond donors (Lipinski definition) is 2. The summed E-state index contributed by atoms with van der Waals surface area (Å²) in [6, 6.07) is 20.9. The van der Waals surface area contributed by atoms with E-state index in [1.807, 2.05) is 80.6 Å². The molecular weight excluding hydrogens is 396 g/mol. The van der Waals surface area contributed by atoms with Crippen LogP contribution in [0.15, 0.2) is 76.7 Å². The van der Waals surface area contributed by atoms with Gasteiger partial charge in [0.15, 0.2) is 5.16 Å². The van der Waals surface area contributed by atoms with Crippen LogP contribution in [0.25, 0.3) is 16.7 Å². The molecule has 0 aliphatic carbocycles. The maximum Gasteiger partial charge on any atom is 0.283 e. The fourth-order valence-corrected chi connectivity index (χ4v) is 4.14. The highest BCUT2D eigenvalue weighted by Gasteiger charge is 2.17. The molecule has 6 nitrogen and oxygen atoms in total. The van der Waals surface area contributed by atoms with Crippen molar-refractivity contribution in [3.05, 3.63) is 88.3 Å². The first-order valence-corrected chi connectivity index (χ1v) is 10.7. The highest BCUT2D eigenvalue weighted by molar-refractivity contribution is 7.99. The highest BCUT2D eigenvalue weighted by atomic mass is 32.2. The lowest BCUT2D eigenvalue weighted by Crippen LogP contribution is -2.29. The number of aromatic nitrogens is 3. The number of fused-ring (bicyclic) bond motifs is 1. The van der Waals surface area contributed by atoms with Gasteiger partial charge in [0, 0.05) is 5.69 Å². The zero-order valence-corrected chi connectivity index (χ0v) is 17.6. The first-order chi connectivity index (χ1) is 14.5. The minimum absolute atomic E-state index is 0.0987. The summed E-state index contributed by atoms with van der Waals surface area (Å²) in [4.78, 5) is 33.4. The van der Waals surface area contributed by atoms with Crippen molar-refractivity contribution in [2.75, 3.05) is 5.75 Å². The molecule has 0 radical (unpaired) electrons. The Morgan fingerprint density at radius 3 is 2.50 bits per heavy atom. The van der Waals surface area contributed by atoms with Crippen molar-refractivity contribution < 1.29 is 4.79 Å². The predicted octanol–water partition coefficient (Wildman–Crippen LogP) is 3.99. The monoisotopic (exact) mass is 418 g/mol. The van der Waals surface area contributed by atoms with Gasteiger partial charge in [0.1, 0.15) is 5.52 Å². The lowest BCUT2D eigenvalue weighted by molar-refractivity contribution is -0.119. The third-order valence-electron chi connectivity index (χ3n) is 4.78. The predicted molar refractivity (Wildman–Crippen MR) is 120 cm³/mol. The first-order valence-electron chi connectivity index (χ1n) is 9.68. The van der Waals surface area contributed by atoms with Gasteiger partial charge >= 0.3 is 0 Å². The third kappa shape index (κ3) is 4.16. The second-order valence-corrected chi connectivity index (χ2v) is 8.01. The minimum Gasteiger partial charge on any atom is -0.353 e. The van der Waals surface area contributed by atoms with Crippen molar-refractivity contribution in [2.24, 2.45) is 0 Å². The summed E-state index contributed by atoms with van der Waals surface area (Å²) in [5.41, 5.74) is 3.50. The Morgan fingerprint density at radius 2 is 1.80 bits per heavy atom. The Labute approximate surface area is 178 Å². The van der Waals surface area contributed by atoms with Crippen LogP contribution >= 0.6 is 11.8 Å². The number of carbonyl (C=O) groups is 1. The summed E-state index contributed by atoms with van der Waals surface area (Å²) in [6.45, 7) is 3.84. The number of aryl methyl sites for hydroxylation is 1. The molecule has 152 valence electrons. The molecule has 4 rings (SSSR count). The molecule has 0 saturated carbocycles. The number of para-hydroxylation sites is 1. The largest absolute Gasteiger partial charge is 0.353 e. The molecule has 2 heterocycles. The van der Waals surface area contributed by atoms with Crippen molar-refractivity contribution in [1.82, 2.24) is 19.9 Å². The van der Waals surface area contributed by atoms with Crippen LogP contribution in [-0.4, -0.2) is 26.2 Å². The summed E-state index contributed by atoms with van der Waals surface area (Å²) in [5, 5.41) is 3.49. The van der Waals surface area contributed by atoms with Crippen molar-refractivity contribution in [1.29, 1.82) is 0 Å². The summed E-state index contributed by atoms with van der Waals surface area (Å²) >= 11 is 1.25. The van der Waals surface area contributed by atoms with E-state index >= 15 is 0 Å². The Hall–Kier alpha value is -3.32. The lowest BCUT2D eigenvalue weighted by atomic mass is 10.1. The number of thioether (sulfide) groups is 1. The van der Waals surface area contributed by atoms with Crippen LogP contribution in [0, 0.1) is 6.92 Å². The second kappa shape index (κ2) is 8.59. The average Bonchev–Trinajstić information content (AvgIpc) is 3.14. The number of H-pyrrole nitrogens is 1. The van der Waals surface area contributed by atoms with E-state index in [4.69, 9.17) is 0 Å². The van der Waals surface area contributed by atoms with Crippen LogP contribution < -0.4 is 10.9 Å². The molecule has 0 aliphatic rings. The number of aromatic amines is 1. The van der Waals surface area contributed by atoms with Crippen LogP contribution in [0.1, 0.15) is 24.2 Å². The molecule has 2 aromatic heterocycles. The fourth-order valence-electron chi connectivity index (χ4n) is 3.32. The summed E-state index contributed by atoms with van der Waals surface area (Å²) in [6.07, 6.45) is 0. The van der Waals surface area contributed by atoms with E-state index in [1.54, 1.807) is 4.57 Å². The Balaban J connectivity index is 1.60. The summed E-state index contributed by atoms with van der Waals surface area (Å²) in [7, 11) is 0. The first kappa shape index (κ1) is 20.0. The van der Waals surface area contributed by atoms with Crippen molar-refractivity contribution in [3.8, 4) is 5.69 Å². The molecule has 2 N–H and O–H groups in total. The van der Waals surface area contributed by atoms with Gasteiger partial charge in [-0.1, -0.05) is 60.3 Å². The van der Waals surface area contributed by atoms with Gasteiger partial charge in [-0.2, -0.15) is 0 Å². The molecule has 0 aliphatic heterocycles. The molecule has 1 amide bonds. The number of carbonyl (C=O) groups excluding carboxylic acids is 1. The van der Waals surface area contributed by atoms with Gasteiger partial charge in [-0.05, 0) is 37.6 Å². The van der Waals surface area contributed by atoms with E-state index in [0.29, 0.717) is 21.9 Å². The number of hydrogen-bond acceptors (Lipinski definition) is 4. The molecule has 2 aromatic carbocycles. The van der Waals surface area contributed by atoms with E-state index in [9.17, 15) is 9.59 Å². The van der Waals surface area contributed by atoms with Crippen molar-refractivity contribution in [3.63, 3.8) is 0 Å². The standard InChI is InChI=1S/C23H22N4O2S/c1-15-13-19-21(24-15)22(29)27(18-11-7-4-8-12-18)23(26-19)30-14-20(28)25-16(2)17-9-5-3-6-10-17/h3-13,16,24H,14H2,1-2H3,(H,25,28). The van der Waals surface area contributed by atoms with Gasteiger partial charge in [-0.25, -0.2) is 4.98 Å². The topological polar surface area (TPSA) is 79.8 Å². The quantitative estimate of drug-likeness (QED) is 0.367. The maximum atomic E-state index is 13.1. The molecule has 4 aromatic rings. The van der Waals surface area contributed by atoms with Gasteiger partial charge < -0.3 is 10.3 Å². The van der Waals surface area contributed by atoms with Gasteiger partial charge in [0.05, 0.1) is 23.0 Å². The normalized spacial score (nSPS) is 12.1. The van der Waals surface area contributed by atoms with Crippen molar-refractivity contribution >= 4 is 28.7 Å². The zero-order chi connectivity index (χ0) is 21.1. The number of nitrogens with one attached hydrogen (secondary N) is 2. The van der Waals surface area contributed by atoms with Gasteiger partial charge in [0.25, 0.3) is 5.56 Å². The lowest BCUT2D eigenvalue weighted by Gasteiger charge is -2.15. The highest BCUT2D eigenvalue weighted by Crippen LogP contribution is 2.22. The average molecular weight is 419 g/mol. The van der Waals surface area contributed by atoms with Crippen LogP contribution in [-0.2, 0) is 4.79 Å². The van der Waals surface area contributed by atoms with E-state index in [-0.39, 0.29) is 23.3 Å². The number of nitrogens with zero attached hydrogens (tertiary/aromatic N) is 2.